The Bertz CT molecular complexity index is 649. The van der Waals surface area contributed by atoms with Crippen LogP contribution < -0.4 is 0 Å². The van der Waals surface area contributed by atoms with Gasteiger partial charge in [0.25, 0.3) is 0 Å². The molecule has 0 saturated heterocycles. The largest absolute Gasteiger partial charge is 0.508 e. The number of hydrogen-bond acceptors (Lipinski definition) is 5. The standard InChI is InChI=1S/C19H22O5/c1-3-13-7-5-9-15(17(13)20)11-23-19(22)24-12-16-10-6-8-14(4-2)18(16)21/h5-10,20-21H,3-4,11-12H2,1-2H3. The lowest BCUT2D eigenvalue weighted by molar-refractivity contribution is 0.0438. The van der Waals surface area contributed by atoms with Crippen LogP contribution in [0.25, 0.3) is 0 Å². The number of phenolic OH excluding ortho intramolecular Hbond substituents is 2. The van der Waals surface area contributed by atoms with Crippen molar-refractivity contribution in [3.63, 3.8) is 0 Å². The molecule has 0 amide bonds. The molecule has 0 unspecified atom stereocenters. The van der Waals surface area contributed by atoms with Gasteiger partial charge in [-0.05, 0) is 24.0 Å². The minimum absolute atomic E-state index is 0.0700. The molecule has 128 valence electrons. The number of carbonyl (C=O) groups excluding carboxylic acids is 1. The van der Waals surface area contributed by atoms with Gasteiger partial charge in [0.15, 0.2) is 0 Å². The number of ether oxygens (including phenoxy) is 2. The predicted octanol–water partition coefficient (Wildman–Crippen LogP) is 4.08. The summed E-state index contributed by atoms with van der Waals surface area (Å²) < 4.78 is 10.0. The number of aryl methyl sites for hydroxylation is 2. The van der Waals surface area contributed by atoms with Crippen LogP contribution in [0.1, 0.15) is 36.1 Å². The number of rotatable bonds is 6. The first-order chi connectivity index (χ1) is 11.6. The van der Waals surface area contributed by atoms with Gasteiger partial charge in [0, 0.05) is 11.1 Å². The van der Waals surface area contributed by atoms with Crippen LogP contribution in [0.3, 0.4) is 0 Å². The van der Waals surface area contributed by atoms with Crippen molar-refractivity contribution in [1.82, 2.24) is 0 Å². The third kappa shape index (κ3) is 4.19. The molecule has 0 atom stereocenters. The first-order valence-electron chi connectivity index (χ1n) is 7.95. The normalized spacial score (nSPS) is 10.4. The highest BCUT2D eigenvalue weighted by atomic mass is 16.7. The van der Waals surface area contributed by atoms with Crippen molar-refractivity contribution >= 4 is 6.16 Å². The highest BCUT2D eigenvalue weighted by Crippen LogP contribution is 2.25. The van der Waals surface area contributed by atoms with Crippen molar-refractivity contribution in [1.29, 1.82) is 0 Å². The first kappa shape index (κ1) is 17.7. The summed E-state index contributed by atoms with van der Waals surface area (Å²) in [6.45, 7) is 3.73. The Morgan fingerprint density at radius 2 is 1.17 bits per heavy atom. The van der Waals surface area contributed by atoms with Gasteiger partial charge in [-0.15, -0.1) is 0 Å². The third-order valence-electron chi connectivity index (χ3n) is 3.86. The molecule has 0 aliphatic heterocycles. The molecule has 2 rings (SSSR count). The lowest BCUT2D eigenvalue weighted by Crippen LogP contribution is -2.08. The number of aromatic hydroxyl groups is 2. The summed E-state index contributed by atoms with van der Waals surface area (Å²) >= 11 is 0. The SMILES string of the molecule is CCc1cccc(COC(=O)OCc2cccc(CC)c2O)c1O. The lowest BCUT2D eigenvalue weighted by Gasteiger charge is -2.11. The van der Waals surface area contributed by atoms with Crippen molar-refractivity contribution in [2.24, 2.45) is 0 Å². The molecule has 0 aromatic heterocycles. The molecular formula is C19H22O5. The van der Waals surface area contributed by atoms with Crippen molar-refractivity contribution in [3.8, 4) is 11.5 Å². The van der Waals surface area contributed by atoms with E-state index in [0.29, 0.717) is 24.0 Å². The summed E-state index contributed by atoms with van der Waals surface area (Å²) in [5.74, 6) is 0.280. The molecule has 2 N–H and O–H groups in total. The summed E-state index contributed by atoms with van der Waals surface area (Å²) in [7, 11) is 0. The second kappa shape index (κ2) is 8.24. The summed E-state index contributed by atoms with van der Waals surface area (Å²) in [4.78, 5) is 11.7. The van der Waals surface area contributed by atoms with E-state index in [-0.39, 0.29) is 24.7 Å². The topological polar surface area (TPSA) is 76.0 Å². The van der Waals surface area contributed by atoms with Crippen molar-refractivity contribution in [3.05, 3.63) is 58.7 Å². The van der Waals surface area contributed by atoms with E-state index in [0.717, 1.165) is 11.1 Å². The minimum Gasteiger partial charge on any atom is -0.507 e. The fourth-order valence-electron chi connectivity index (χ4n) is 2.41. The van der Waals surface area contributed by atoms with Crippen LogP contribution in [-0.4, -0.2) is 16.4 Å². The second-order valence-corrected chi connectivity index (χ2v) is 5.38. The quantitative estimate of drug-likeness (QED) is 0.781. The summed E-state index contributed by atoms with van der Waals surface area (Å²) in [6, 6.07) is 10.6. The van der Waals surface area contributed by atoms with Gasteiger partial charge in [-0.3, -0.25) is 0 Å². The molecule has 0 aliphatic carbocycles. The maximum Gasteiger partial charge on any atom is 0.508 e. The lowest BCUT2D eigenvalue weighted by atomic mass is 10.1. The van der Waals surface area contributed by atoms with E-state index in [4.69, 9.17) is 9.47 Å². The molecule has 24 heavy (non-hydrogen) atoms. The Labute approximate surface area is 141 Å². The molecule has 0 radical (unpaired) electrons. The zero-order valence-electron chi connectivity index (χ0n) is 13.9. The Balaban J connectivity index is 1.91. The van der Waals surface area contributed by atoms with Crippen LogP contribution in [0.15, 0.2) is 36.4 Å². The molecule has 0 fully saturated rings. The van der Waals surface area contributed by atoms with Gasteiger partial charge in [0.2, 0.25) is 0 Å². The number of phenols is 2. The van der Waals surface area contributed by atoms with E-state index in [1.807, 2.05) is 26.0 Å². The van der Waals surface area contributed by atoms with E-state index in [2.05, 4.69) is 0 Å². The van der Waals surface area contributed by atoms with E-state index >= 15 is 0 Å². The van der Waals surface area contributed by atoms with E-state index in [1.165, 1.54) is 0 Å². The molecule has 2 aromatic rings. The van der Waals surface area contributed by atoms with Crippen LogP contribution in [0.5, 0.6) is 11.5 Å². The average molecular weight is 330 g/mol. The van der Waals surface area contributed by atoms with Gasteiger partial charge in [-0.25, -0.2) is 4.79 Å². The molecule has 2 aromatic carbocycles. The van der Waals surface area contributed by atoms with Crippen LogP contribution in [-0.2, 0) is 35.5 Å². The summed E-state index contributed by atoms with van der Waals surface area (Å²) in [6.07, 6.45) is 0.534. The predicted molar refractivity (Wildman–Crippen MR) is 89.9 cm³/mol. The second-order valence-electron chi connectivity index (χ2n) is 5.38. The van der Waals surface area contributed by atoms with Gasteiger partial charge in [-0.1, -0.05) is 50.2 Å². The van der Waals surface area contributed by atoms with Crippen LogP contribution in [0.4, 0.5) is 4.79 Å². The maximum atomic E-state index is 11.7. The zero-order chi connectivity index (χ0) is 17.5. The highest BCUT2D eigenvalue weighted by molar-refractivity contribution is 5.60. The maximum absolute atomic E-state index is 11.7. The number of carbonyl (C=O) groups is 1. The first-order valence-corrected chi connectivity index (χ1v) is 7.95. The Hall–Kier alpha value is -2.69. The molecule has 0 spiro atoms. The zero-order valence-corrected chi connectivity index (χ0v) is 13.9. The van der Waals surface area contributed by atoms with Crippen molar-refractivity contribution in [2.75, 3.05) is 0 Å². The molecular weight excluding hydrogens is 308 g/mol. The summed E-state index contributed by atoms with van der Waals surface area (Å²) in [5.41, 5.74) is 2.65. The molecule has 0 heterocycles. The molecule has 0 bridgehead atoms. The molecule has 5 nitrogen and oxygen atoms in total. The van der Waals surface area contributed by atoms with Gasteiger partial charge < -0.3 is 19.7 Å². The number of para-hydroxylation sites is 2. The Morgan fingerprint density at radius 1 is 0.792 bits per heavy atom. The van der Waals surface area contributed by atoms with Gasteiger partial charge in [-0.2, -0.15) is 0 Å². The van der Waals surface area contributed by atoms with Gasteiger partial charge >= 0.3 is 6.16 Å². The number of benzene rings is 2. The smallest absolute Gasteiger partial charge is 0.507 e. The molecule has 0 aliphatic rings. The van der Waals surface area contributed by atoms with E-state index in [9.17, 15) is 15.0 Å². The van der Waals surface area contributed by atoms with Crippen molar-refractivity contribution in [2.45, 2.75) is 39.9 Å². The van der Waals surface area contributed by atoms with Crippen LogP contribution in [0, 0.1) is 0 Å². The van der Waals surface area contributed by atoms with Gasteiger partial charge in [0.05, 0.1) is 0 Å². The third-order valence-corrected chi connectivity index (χ3v) is 3.86. The fourth-order valence-corrected chi connectivity index (χ4v) is 2.41. The van der Waals surface area contributed by atoms with Crippen LogP contribution >= 0.6 is 0 Å². The summed E-state index contributed by atoms with van der Waals surface area (Å²) in [5, 5.41) is 20.1. The van der Waals surface area contributed by atoms with Crippen molar-refractivity contribution < 1.29 is 24.5 Å². The minimum atomic E-state index is -0.849. The van der Waals surface area contributed by atoms with E-state index < -0.39 is 6.16 Å². The average Bonchev–Trinajstić information content (AvgIpc) is 2.60. The fraction of sp³-hybridized carbons (Fsp3) is 0.316. The molecule has 5 heteroatoms. The Morgan fingerprint density at radius 3 is 1.54 bits per heavy atom. The van der Waals surface area contributed by atoms with Gasteiger partial charge in [0.1, 0.15) is 24.7 Å². The monoisotopic (exact) mass is 330 g/mol. The Kier molecular flexibility index (Phi) is 6.07. The highest BCUT2D eigenvalue weighted by Gasteiger charge is 2.12. The van der Waals surface area contributed by atoms with Crippen LogP contribution in [0.2, 0.25) is 0 Å². The molecule has 0 saturated carbocycles. The number of hydrogen-bond donors (Lipinski definition) is 2. The van der Waals surface area contributed by atoms with E-state index in [1.54, 1.807) is 24.3 Å².